The predicted octanol–water partition coefficient (Wildman–Crippen LogP) is 2.35. The van der Waals surface area contributed by atoms with Crippen LogP contribution in [0, 0.1) is 13.8 Å². The Labute approximate surface area is 115 Å². The average molecular weight is 265 g/mol. The Kier molecular flexibility index (Phi) is 4.95. The summed E-state index contributed by atoms with van der Waals surface area (Å²) in [5, 5.41) is 3.22. The molecule has 0 unspecified atom stereocenters. The Morgan fingerprint density at radius 1 is 1.21 bits per heavy atom. The molecular formula is C15H23NO3. The van der Waals surface area contributed by atoms with Crippen molar-refractivity contribution in [1.29, 1.82) is 0 Å². The van der Waals surface area contributed by atoms with Crippen molar-refractivity contribution in [3.63, 3.8) is 0 Å². The van der Waals surface area contributed by atoms with Crippen molar-refractivity contribution >= 4 is 5.97 Å². The highest BCUT2D eigenvalue weighted by Crippen LogP contribution is 2.24. The van der Waals surface area contributed by atoms with Gasteiger partial charge in [-0.25, -0.2) is 0 Å². The van der Waals surface area contributed by atoms with Crippen molar-refractivity contribution in [3.8, 4) is 5.75 Å². The van der Waals surface area contributed by atoms with Crippen LogP contribution >= 0.6 is 0 Å². The van der Waals surface area contributed by atoms with Crippen LogP contribution in [0.1, 0.15) is 30.5 Å². The van der Waals surface area contributed by atoms with Gasteiger partial charge in [0.1, 0.15) is 11.3 Å². The standard InChI is InChI=1S/C15H23NO3/c1-10-11(2)13(18-5)8-7-12(10)9-16-15(3,4)14(17)19-6/h7-8,16H,9H2,1-6H3. The van der Waals surface area contributed by atoms with Crippen LogP contribution in [0.2, 0.25) is 0 Å². The molecule has 0 aliphatic rings. The van der Waals surface area contributed by atoms with Crippen LogP contribution in [0.25, 0.3) is 0 Å². The molecule has 4 nitrogen and oxygen atoms in total. The molecular weight excluding hydrogens is 242 g/mol. The molecule has 19 heavy (non-hydrogen) atoms. The number of nitrogens with one attached hydrogen (secondary N) is 1. The van der Waals surface area contributed by atoms with Crippen molar-refractivity contribution in [2.24, 2.45) is 0 Å². The van der Waals surface area contributed by atoms with E-state index in [1.807, 2.05) is 32.9 Å². The molecule has 0 atom stereocenters. The molecule has 1 N–H and O–H groups in total. The molecule has 0 spiro atoms. The van der Waals surface area contributed by atoms with Crippen molar-refractivity contribution in [1.82, 2.24) is 5.32 Å². The Morgan fingerprint density at radius 2 is 1.84 bits per heavy atom. The van der Waals surface area contributed by atoms with E-state index in [0.29, 0.717) is 6.54 Å². The summed E-state index contributed by atoms with van der Waals surface area (Å²) in [6.07, 6.45) is 0. The molecule has 1 aromatic carbocycles. The number of carbonyl (C=O) groups is 1. The van der Waals surface area contributed by atoms with E-state index in [1.165, 1.54) is 12.7 Å². The van der Waals surface area contributed by atoms with Crippen LogP contribution in [0.4, 0.5) is 0 Å². The minimum absolute atomic E-state index is 0.268. The molecule has 0 bridgehead atoms. The smallest absolute Gasteiger partial charge is 0.325 e. The lowest BCUT2D eigenvalue weighted by molar-refractivity contribution is -0.147. The van der Waals surface area contributed by atoms with Gasteiger partial charge in [-0.1, -0.05) is 6.07 Å². The Balaban J connectivity index is 2.85. The molecule has 0 heterocycles. The largest absolute Gasteiger partial charge is 0.496 e. The van der Waals surface area contributed by atoms with Gasteiger partial charge in [0, 0.05) is 6.54 Å². The second kappa shape index (κ2) is 6.06. The number of carbonyl (C=O) groups excluding carboxylic acids is 1. The highest BCUT2D eigenvalue weighted by atomic mass is 16.5. The molecule has 0 saturated carbocycles. The zero-order valence-corrected chi connectivity index (χ0v) is 12.6. The van der Waals surface area contributed by atoms with Gasteiger partial charge >= 0.3 is 5.97 Å². The van der Waals surface area contributed by atoms with Gasteiger partial charge in [0.25, 0.3) is 0 Å². The lowest BCUT2D eigenvalue weighted by Crippen LogP contribution is -2.47. The summed E-state index contributed by atoms with van der Waals surface area (Å²) in [5.74, 6) is 0.615. The van der Waals surface area contributed by atoms with Gasteiger partial charge in [-0.15, -0.1) is 0 Å². The summed E-state index contributed by atoms with van der Waals surface area (Å²) in [4.78, 5) is 11.6. The molecule has 0 aromatic heterocycles. The molecule has 0 aliphatic carbocycles. The first kappa shape index (κ1) is 15.5. The summed E-state index contributed by atoms with van der Waals surface area (Å²) in [7, 11) is 3.06. The number of rotatable bonds is 5. The van der Waals surface area contributed by atoms with Gasteiger partial charge in [-0.3, -0.25) is 10.1 Å². The molecule has 1 rings (SSSR count). The van der Waals surface area contributed by atoms with E-state index in [4.69, 9.17) is 9.47 Å². The topological polar surface area (TPSA) is 47.6 Å². The molecule has 0 aliphatic heterocycles. The van der Waals surface area contributed by atoms with Gasteiger partial charge in [0.05, 0.1) is 14.2 Å². The first-order chi connectivity index (χ1) is 8.83. The third kappa shape index (κ3) is 3.47. The maximum Gasteiger partial charge on any atom is 0.325 e. The first-order valence-corrected chi connectivity index (χ1v) is 6.30. The molecule has 0 radical (unpaired) electrons. The molecule has 106 valence electrons. The number of benzene rings is 1. The fraction of sp³-hybridized carbons (Fsp3) is 0.533. The van der Waals surface area contributed by atoms with E-state index in [1.54, 1.807) is 7.11 Å². The van der Waals surface area contributed by atoms with Crippen molar-refractivity contribution < 1.29 is 14.3 Å². The fourth-order valence-corrected chi connectivity index (χ4v) is 1.91. The molecule has 0 amide bonds. The second-order valence-corrected chi connectivity index (χ2v) is 5.15. The summed E-state index contributed by atoms with van der Waals surface area (Å²) in [5.41, 5.74) is 2.75. The van der Waals surface area contributed by atoms with Crippen LogP contribution in [0.5, 0.6) is 5.75 Å². The van der Waals surface area contributed by atoms with Gasteiger partial charge in [0.2, 0.25) is 0 Å². The Morgan fingerprint density at radius 3 is 2.37 bits per heavy atom. The number of hydrogen-bond acceptors (Lipinski definition) is 4. The maximum absolute atomic E-state index is 11.6. The van der Waals surface area contributed by atoms with Crippen LogP contribution in [0.3, 0.4) is 0 Å². The van der Waals surface area contributed by atoms with E-state index < -0.39 is 5.54 Å². The van der Waals surface area contributed by atoms with Crippen molar-refractivity contribution in [3.05, 3.63) is 28.8 Å². The Hall–Kier alpha value is -1.55. The van der Waals surface area contributed by atoms with Gasteiger partial charge in [-0.05, 0) is 50.5 Å². The van der Waals surface area contributed by atoms with Gasteiger partial charge < -0.3 is 9.47 Å². The van der Waals surface area contributed by atoms with E-state index in [-0.39, 0.29) is 5.97 Å². The van der Waals surface area contributed by atoms with Crippen molar-refractivity contribution in [2.45, 2.75) is 39.8 Å². The highest BCUT2D eigenvalue weighted by Gasteiger charge is 2.27. The molecule has 4 heteroatoms. The number of ether oxygens (including phenoxy) is 2. The zero-order valence-electron chi connectivity index (χ0n) is 12.6. The quantitative estimate of drug-likeness (QED) is 0.830. The zero-order chi connectivity index (χ0) is 14.6. The van der Waals surface area contributed by atoms with E-state index in [2.05, 4.69) is 12.2 Å². The summed E-state index contributed by atoms with van der Waals surface area (Å²) in [6, 6.07) is 3.96. The number of methoxy groups -OCH3 is 2. The third-order valence-electron chi connectivity index (χ3n) is 3.49. The predicted molar refractivity (Wildman–Crippen MR) is 75.4 cm³/mol. The van der Waals surface area contributed by atoms with Gasteiger partial charge in [0.15, 0.2) is 0 Å². The number of esters is 1. The van der Waals surface area contributed by atoms with Crippen molar-refractivity contribution in [2.75, 3.05) is 14.2 Å². The normalized spacial score (nSPS) is 11.3. The minimum atomic E-state index is -0.699. The summed E-state index contributed by atoms with van der Waals surface area (Å²) >= 11 is 0. The third-order valence-corrected chi connectivity index (χ3v) is 3.49. The molecule has 0 fully saturated rings. The van der Waals surface area contributed by atoms with E-state index in [0.717, 1.165) is 16.9 Å². The maximum atomic E-state index is 11.6. The summed E-state index contributed by atoms with van der Waals surface area (Å²) in [6.45, 7) is 8.32. The minimum Gasteiger partial charge on any atom is -0.496 e. The highest BCUT2D eigenvalue weighted by molar-refractivity contribution is 5.79. The Bertz CT molecular complexity index is 467. The second-order valence-electron chi connectivity index (χ2n) is 5.15. The van der Waals surface area contributed by atoms with Crippen LogP contribution in [0.15, 0.2) is 12.1 Å². The SMILES string of the molecule is COC(=O)C(C)(C)NCc1ccc(OC)c(C)c1C. The molecule has 0 saturated heterocycles. The summed E-state index contributed by atoms with van der Waals surface area (Å²) < 4.78 is 10.1. The van der Waals surface area contributed by atoms with E-state index >= 15 is 0 Å². The van der Waals surface area contributed by atoms with Crippen LogP contribution in [-0.2, 0) is 16.1 Å². The van der Waals surface area contributed by atoms with Gasteiger partial charge in [-0.2, -0.15) is 0 Å². The molecule has 1 aromatic rings. The fourth-order valence-electron chi connectivity index (χ4n) is 1.91. The average Bonchev–Trinajstić information content (AvgIpc) is 2.39. The lowest BCUT2D eigenvalue weighted by atomic mass is 10.0. The lowest BCUT2D eigenvalue weighted by Gasteiger charge is -2.24. The number of hydrogen-bond donors (Lipinski definition) is 1. The van der Waals surface area contributed by atoms with Crippen LogP contribution < -0.4 is 10.1 Å². The van der Waals surface area contributed by atoms with E-state index in [9.17, 15) is 4.79 Å². The van der Waals surface area contributed by atoms with Crippen LogP contribution in [-0.4, -0.2) is 25.7 Å². The monoisotopic (exact) mass is 265 g/mol. The first-order valence-electron chi connectivity index (χ1n) is 6.30.